The Labute approximate surface area is 91.7 Å². The molecular formula is C9H17NO4S. The van der Waals surface area contributed by atoms with Crippen LogP contribution in [0.3, 0.4) is 0 Å². The van der Waals surface area contributed by atoms with Gasteiger partial charge in [-0.25, -0.2) is 0 Å². The van der Waals surface area contributed by atoms with E-state index in [2.05, 4.69) is 5.32 Å². The van der Waals surface area contributed by atoms with E-state index in [1.54, 1.807) is 0 Å². The summed E-state index contributed by atoms with van der Waals surface area (Å²) in [4.78, 5) is 21.6. The molecule has 0 fully saturated rings. The van der Waals surface area contributed by atoms with Crippen LogP contribution in [0.5, 0.6) is 0 Å². The third kappa shape index (κ3) is 6.22. The van der Waals surface area contributed by atoms with Gasteiger partial charge in [0.05, 0.1) is 0 Å². The summed E-state index contributed by atoms with van der Waals surface area (Å²) >= 11 is 0. The molecule has 0 aromatic rings. The first-order valence-electron chi connectivity index (χ1n) is 4.85. The lowest BCUT2D eigenvalue weighted by Crippen LogP contribution is -2.33. The zero-order valence-electron chi connectivity index (χ0n) is 8.99. The Morgan fingerprint density at radius 2 is 2.07 bits per heavy atom. The molecule has 2 N–H and O–H groups in total. The second-order valence-electron chi connectivity index (χ2n) is 3.21. The van der Waals surface area contributed by atoms with Crippen molar-refractivity contribution in [2.45, 2.75) is 31.9 Å². The predicted molar refractivity (Wildman–Crippen MR) is 58.0 cm³/mol. The Morgan fingerprint density at radius 3 is 2.53 bits per heavy atom. The highest BCUT2D eigenvalue weighted by Gasteiger charge is 2.20. The van der Waals surface area contributed by atoms with Gasteiger partial charge in [-0.1, -0.05) is 13.3 Å². The molecule has 1 amide bonds. The molecule has 0 saturated heterocycles. The molecule has 0 aliphatic rings. The molecule has 0 spiro atoms. The van der Waals surface area contributed by atoms with Gasteiger partial charge in [0, 0.05) is 17.3 Å². The third-order valence-corrected chi connectivity index (χ3v) is 3.40. The van der Waals surface area contributed by atoms with Gasteiger partial charge in [-0.05, 0) is 13.3 Å². The first-order chi connectivity index (χ1) is 6.99. The number of aliphatic carboxylic acids is 1. The van der Waals surface area contributed by atoms with Crippen molar-refractivity contribution in [1.82, 2.24) is 5.32 Å². The van der Waals surface area contributed by atoms with E-state index in [0.717, 1.165) is 12.8 Å². The van der Waals surface area contributed by atoms with Crippen molar-refractivity contribution in [2.24, 2.45) is 0 Å². The van der Waals surface area contributed by atoms with Crippen LogP contribution in [0.4, 0.5) is 0 Å². The van der Waals surface area contributed by atoms with Crippen molar-refractivity contribution in [3.8, 4) is 0 Å². The molecule has 0 aliphatic heterocycles. The topological polar surface area (TPSA) is 83.5 Å². The fraction of sp³-hybridized carbons (Fsp3) is 0.778. The molecule has 5 nitrogen and oxygen atoms in total. The van der Waals surface area contributed by atoms with Crippen LogP contribution >= 0.6 is 0 Å². The summed E-state index contributed by atoms with van der Waals surface area (Å²) in [5, 5.41) is 10.1. The van der Waals surface area contributed by atoms with E-state index in [1.165, 1.54) is 6.92 Å². The van der Waals surface area contributed by atoms with Crippen LogP contribution < -0.4 is 5.32 Å². The van der Waals surface area contributed by atoms with Crippen molar-refractivity contribution in [2.75, 3.05) is 12.3 Å². The number of nitrogens with one attached hydrogen (secondary N) is 1. The van der Waals surface area contributed by atoms with Gasteiger partial charge in [0.25, 0.3) is 0 Å². The van der Waals surface area contributed by atoms with Crippen molar-refractivity contribution in [3.05, 3.63) is 0 Å². The minimum Gasteiger partial charge on any atom is -0.480 e. The van der Waals surface area contributed by atoms with Crippen LogP contribution in [0.2, 0.25) is 0 Å². The number of unbranched alkanes of at least 4 members (excludes halogenated alkanes) is 1. The molecule has 0 bridgehead atoms. The lowest BCUT2D eigenvalue weighted by Gasteiger charge is -2.07. The summed E-state index contributed by atoms with van der Waals surface area (Å²) in [6.07, 6.45) is 1.84. The first-order valence-corrected chi connectivity index (χ1v) is 6.24. The van der Waals surface area contributed by atoms with Crippen molar-refractivity contribution in [3.63, 3.8) is 0 Å². The number of carbonyl (C=O) groups is 2. The molecule has 0 aromatic carbocycles. The van der Waals surface area contributed by atoms with Crippen molar-refractivity contribution in [1.29, 1.82) is 0 Å². The van der Waals surface area contributed by atoms with E-state index in [0.29, 0.717) is 6.54 Å². The van der Waals surface area contributed by atoms with Crippen LogP contribution in [0.1, 0.15) is 26.7 Å². The normalized spacial score (nSPS) is 14.3. The van der Waals surface area contributed by atoms with E-state index in [9.17, 15) is 13.8 Å². The molecule has 0 saturated carbocycles. The van der Waals surface area contributed by atoms with Crippen LogP contribution in [0.25, 0.3) is 0 Å². The molecule has 0 aliphatic carbocycles. The van der Waals surface area contributed by atoms with Crippen molar-refractivity contribution >= 4 is 22.7 Å². The molecule has 0 radical (unpaired) electrons. The lowest BCUT2D eigenvalue weighted by molar-refractivity contribution is -0.136. The molecular weight excluding hydrogens is 218 g/mol. The Morgan fingerprint density at radius 1 is 1.47 bits per heavy atom. The number of amides is 1. The summed E-state index contributed by atoms with van der Waals surface area (Å²) in [5.41, 5.74) is 0. The van der Waals surface area contributed by atoms with Gasteiger partial charge in [0.2, 0.25) is 5.91 Å². The minimum atomic E-state index is -1.64. The maximum absolute atomic E-state index is 11.3. The van der Waals surface area contributed by atoms with Crippen LogP contribution in [-0.4, -0.2) is 38.7 Å². The number of carbonyl (C=O) groups excluding carboxylic acids is 1. The highest BCUT2D eigenvalue weighted by molar-refractivity contribution is 7.87. The number of carboxylic acid groups (broad SMARTS) is 1. The first kappa shape index (κ1) is 14.1. The van der Waals surface area contributed by atoms with E-state index in [1.807, 2.05) is 6.92 Å². The minimum absolute atomic E-state index is 0.239. The fourth-order valence-electron chi connectivity index (χ4n) is 0.822. The zero-order chi connectivity index (χ0) is 11.8. The van der Waals surface area contributed by atoms with E-state index >= 15 is 0 Å². The molecule has 0 rings (SSSR count). The van der Waals surface area contributed by atoms with Gasteiger partial charge in [0.1, 0.15) is 11.0 Å². The summed E-state index contributed by atoms with van der Waals surface area (Å²) < 4.78 is 11.3. The van der Waals surface area contributed by atoms with Gasteiger partial charge >= 0.3 is 5.97 Å². The highest BCUT2D eigenvalue weighted by Crippen LogP contribution is 1.96. The number of hydrogen-bond acceptors (Lipinski definition) is 3. The predicted octanol–water partition coefficient (Wildman–Crippen LogP) is 0.124. The van der Waals surface area contributed by atoms with Crippen LogP contribution in [-0.2, 0) is 20.4 Å². The van der Waals surface area contributed by atoms with Gasteiger partial charge < -0.3 is 10.4 Å². The largest absolute Gasteiger partial charge is 0.480 e. The van der Waals surface area contributed by atoms with Crippen LogP contribution in [0.15, 0.2) is 0 Å². The van der Waals surface area contributed by atoms with Crippen molar-refractivity contribution < 1.29 is 18.9 Å². The molecule has 2 unspecified atom stereocenters. The summed E-state index contributed by atoms with van der Waals surface area (Å²) in [5.74, 6) is -1.73. The summed E-state index contributed by atoms with van der Waals surface area (Å²) in [6.45, 7) is 3.88. The Hall–Kier alpha value is -0.910. The molecule has 15 heavy (non-hydrogen) atoms. The van der Waals surface area contributed by atoms with Gasteiger partial charge in [-0.15, -0.1) is 0 Å². The maximum atomic E-state index is 11.3. The third-order valence-electron chi connectivity index (χ3n) is 1.87. The highest BCUT2D eigenvalue weighted by atomic mass is 32.2. The second-order valence-corrected chi connectivity index (χ2v) is 4.97. The van der Waals surface area contributed by atoms with E-state index in [4.69, 9.17) is 5.11 Å². The van der Waals surface area contributed by atoms with E-state index in [-0.39, 0.29) is 11.7 Å². The average Bonchev–Trinajstić information content (AvgIpc) is 2.16. The smallest absolute Gasteiger partial charge is 0.318 e. The SMILES string of the molecule is CCCCNC(=O)CS(=O)C(C)C(=O)O. The van der Waals surface area contributed by atoms with Crippen LogP contribution in [0, 0.1) is 0 Å². The molecule has 0 aromatic heterocycles. The van der Waals surface area contributed by atoms with Gasteiger partial charge in [0.15, 0.2) is 0 Å². The molecule has 6 heteroatoms. The molecule has 88 valence electrons. The number of rotatable bonds is 7. The quantitative estimate of drug-likeness (QED) is 0.614. The number of carboxylic acids is 1. The summed E-state index contributed by atoms with van der Waals surface area (Å²) in [7, 11) is -1.64. The average molecular weight is 235 g/mol. The Balaban J connectivity index is 3.86. The standard InChI is InChI=1S/C9H17NO4S/c1-3-4-5-10-8(11)6-15(14)7(2)9(12)13/h7H,3-6H2,1-2H3,(H,10,11)(H,12,13). The van der Waals surface area contributed by atoms with Gasteiger partial charge in [-0.2, -0.15) is 0 Å². The summed E-state index contributed by atoms with van der Waals surface area (Å²) in [6, 6.07) is 0. The molecule has 0 heterocycles. The second kappa shape index (κ2) is 7.39. The maximum Gasteiger partial charge on any atom is 0.318 e. The zero-order valence-corrected chi connectivity index (χ0v) is 9.80. The monoisotopic (exact) mass is 235 g/mol. The lowest BCUT2D eigenvalue weighted by atomic mass is 10.3. The molecule has 2 atom stereocenters. The van der Waals surface area contributed by atoms with Gasteiger partial charge in [-0.3, -0.25) is 13.8 Å². The Kier molecular flexibility index (Phi) is 6.94. The Bertz CT molecular complexity index is 254. The fourth-order valence-corrected chi connectivity index (χ4v) is 1.66. The number of hydrogen-bond donors (Lipinski definition) is 2. The van der Waals surface area contributed by atoms with E-state index < -0.39 is 22.0 Å².